The molecule has 0 radical (unpaired) electrons. The van der Waals surface area contributed by atoms with E-state index in [4.69, 9.17) is 16.3 Å². The van der Waals surface area contributed by atoms with E-state index in [2.05, 4.69) is 10.6 Å². The number of hydrogen-bond donors (Lipinski definition) is 2. The molecule has 2 atom stereocenters. The van der Waals surface area contributed by atoms with Crippen LogP contribution in [0.5, 0.6) is 0 Å². The van der Waals surface area contributed by atoms with Gasteiger partial charge in [0.15, 0.2) is 0 Å². The molecule has 1 aromatic rings. The summed E-state index contributed by atoms with van der Waals surface area (Å²) in [5.74, 6) is 0. The highest BCUT2D eigenvalue weighted by Crippen LogP contribution is 2.21. The lowest BCUT2D eigenvalue weighted by Crippen LogP contribution is -2.43. The third-order valence-corrected chi connectivity index (χ3v) is 3.33. The molecule has 1 aromatic carbocycles. The number of hydrogen-bond acceptors (Lipinski definition) is 2. The molecule has 18 heavy (non-hydrogen) atoms. The van der Waals surface area contributed by atoms with Gasteiger partial charge in [-0.15, -0.1) is 0 Å². The van der Waals surface area contributed by atoms with E-state index in [-0.39, 0.29) is 18.1 Å². The van der Waals surface area contributed by atoms with Crippen LogP contribution in [0.3, 0.4) is 0 Å². The molecule has 1 saturated heterocycles. The van der Waals surface area contributed by atoms with E-state index in [0.717, 1.165) is 12.0 Å². The molecule has 1 aliphatic rings. The molecule has 5 heteroatoms. The largest absolute Gasteiger partial charge is 0.379 e. The van der Waals surface area contributed by atoms with Crippen molar-refractivity contribution in [2.24, 2.45) is 0 Å². The van der Waals surface area contributed by atoms with Crippen molar-refractivity contribution in [1.29, 1.82) is 0 Å². The SMILES string of the molecule is CC(NC(=O)NC1CCOC1)c1ccccc1Cl. The molecular formula is C13H17ClN2O2. The van der Waals surface area contributed by atoms with Crippen molar-refractivity contribution < 1.29 is 9.53 Å². The molecule has 4 nitrogen and oxygen atoms in total. The zero-order chi connectivity index (χ0) is 13.0. The number of carbonyl (C=O) groups excluding carboxylic acids is 1. The Balaban J connectivity index is 1.88. The van der Waals surface area contributed by atoms with Crippen LogP contribution in [0, 0.1) is 0 Å². The molecule has 2 unspecified atom stereocenters. The Labute approximate surface area is 112 Å². The lowest BCUT2D eigenvalue weighted by Gasteiger charge is -2.18. The Morgan fingerprint density at radius 1 is 1.50 bits per heavy atom. The summed E-state index contributed by atoms with van der Waals surface area (Å²) >= 11 is 6.08. The highest BCUT2D eigenvalue weighted by molar-refractivity contribution is 6.31. The number of ether oxygens (including phenoxy) is 1. The van der Waals surface area contributed by atoms with E-state index < -0.39 is 0 Å². The molecule has 0 aromatic heterocycles. The van der Waals surface area contributed by atoms with Crippen molar-refractivity contribution in [3.8, 4) is 0 Å². The molecule has 0 bridgehead atoms. The lowest BCUT2D eigenvalue weighted by atomic mass is 10.1. The number of nitrogens with one attached hydrogen (secondary N) is 2. The predicted octanol–water partition coefficient (Wildman–Crippen LogP) is 2.49. The molecular weight excluding hydrogens is 252 g/mol. The maximum Gasteiger partial charge on any atom is 0.315 e. The van der Waals surface area contributed by atoms with Crippen molar-refractivity contribution in [3.63, 3.8) is 0 Å². The Morgan fingerprint density at radius 2 is 2.28 bits per heavy atom. The minimum Gasteiger partial charge on any atom is -0.379 e. The van der Waals surface area contributed by atoms with Crippen LogP contribution < -0.4 is 10.6 Å². The zero-order valence-corrected chi connectivity index (χ0v) is 11.0. The Bertz CT molecular complexity index is 419. The third-order valence-electron chi connectivity index (χ3n) is 2.98. The van der Waals surface area contributed by atoms with E-state index in [9.17, 15) is 4.79 Å². The first-order valence-electron chi connectivity index (χ1n) is 6.06. The quantitative estimate of drug-likeness (QED) is 0.885. The number of carbonyl (C=O) groups is 1. The van der Waals surface area contributed by atoms with Crippen LogP contribution in [0.15, 0.2) is 24.3 Å². The second-order valence-corrected chi connectivity index (χ2v) is 4.83. The lowest BCUT2D eigenvalue weighted by molar-refractivity contribution is 0.188. The van der Waals surface area contributed by atoms with Gasteiger partial charge in [-0.25, -0.2) is 4.79 Å². The normalized spacial score (nSPS) is 20.4. The van der Waals surface area contributed by atoms with Crippen LogP contribution in [0.25, 0.3) is 0 Å². The van der Waals surface area contributed by atoms with Crippen LogP contribution in [-0.4, -0.2) is 25.3 Å². The maximum absolute atomic E-state index is 11.8. The van der Waals surface area contributed by atoms with E-state index >= 15 is 0 Å². The van der Waals surface area contributed by atoms with Crippen LogP contribution in [0.1, 0.15) is 24.9 Å². The summed E-state index contributed by atoms with van der Waals surface area (Å²) < 4.78 is 5.20. The number of halogens is 1. The van der Waals surface area contributed by atoms with Crippen LogP contribution >= 0.6 is 11.6 Å². The molecule has 0 spiro atoms. The minimum atomic E-state index is -0.182. The Morgan fingerprint density at radius 3 is 2.94 bits per heavy atom. The summed E-state index contributed by atoms with van der Waals surface area (Å²) in [6.45, 7) is 3.21. The first-order chi connectivity index (χ1) is 8.66. The molecule has 0 aliphatic carbocycles. The molecule has 1 heterocycles. The smallest absolute Gasteiger partial charge is 0.315 e. The third kappa shape index (κ3) is 3.37. The summed E-state index contributed by atoms with van der Waals surface area (Å²) in [4.78, 5) is 11.8. The molecule has 1 fully saturated rings. The molecule has 2 rings (SSSR count). The minimum absolute atomic E-state index is 0.114. The van der Waals surface area contributed by atoms with Gasteiger partial charge in [-0.2, -0.15) is 0 Å². The fraction of sp³-hybridized carbons (Fsp3) is 0.462. The first-order valence-corrected chi connectivity index (χ1v) is 6.44. The summed E-state index contributed by atoms with van der Waals surface area (Å²) in [7, 11) is 0. The fourth-order valence-corrected chi connectivity index (χ4v) is 2.28. The van der Waals surface area contributed by atoms with Crippen molar-refractivity contribution in [2.45, 2.75) is 25.4 Å². The second-order valence-electron chi connectivity index (χ2n) is 4.42. The van der Waals surface area contributed by atoms with Crippen molar-refractivity contribution in [3.05, 3.63) is 34.9 Å². The van der Waals surface area contributed by atoms with E-state index in [1.54, 1.807) is 0 Å². The Hall–Kier alpha value is -1.26. The maximum atomic E-state index is 11.8. The zero-order valence-electron chi connectivity index (χ0n) is 10.3. The van der Waals surface area contributed by atoms with Crippen LogP contribution in [-0.2, 0) is 4.74 Å². The van der Waals surface area contributed by atoms with Crippen LogP contribution in [0.2, 0.25) is 5.02 Å². The molecule has 0 saturated carbocycles. The van der Waals surface area contributed by atoms with Gasteiger partial charge in [-0.1, -0.05) is 29.8 Å². The summed E-state index contributed by atoms with van der Waals surface area (Å²) in [5, 5.41) is 6.42. The van der Waals surface area contributed by atoms with Crippen molar-refractivity contribution in [1.82, 2.24) is 10.6 Å². The van der Waals surface area contributed by atoms with Gasteiger partial charge in [0.05, 0.1) is 18.7 Å². The molecule has 2 N–H and O–H groups in total. The molecule has 1 aliphatic heterocycles. The first kappa shape index (κ1) is 13.2. The topological polar surface area (TPSA) is 50.4 Å². The fourth-order valence-electron chi connectivity index (χ4n) is 1.98. The van der Waals surface area contributed by atoms with Gasteiger partial charge in [-0.05, 0) is 25.0 Å². The second kappa shape index (κ2) is 6.07. The summed E-state index contributed by atoms with van der Waals surface area (Å²) in [5.41, 5.74) is 0.914. The number of benzene rings is 1. The average molecular weight is 269 g/mol. The van der Waals surface area contributed by atoms with Gasteiger partial charge in [0.2, 0.25) is 0 Å². The van der Waals surface area contributed by atoms with Crippen LogP contribution in [0.4, 0.5) is 4.79 Å². The standard InChI is InChI=1S/C13H17ClN2O2/c1-9(11-4-2-3-5-12(11)14)15-13(17)16-10-6-7-18-8-10/h2-5,9-10H,6-8H2,1H3,(H2,15,16,17). The summed E-state index contributed by atoms with van der Waals surface area (Å²) in [6.07, 6.45) is 0.869. The average Bonchev–Trinajstić information content (AvgIpc) is 2.82. The van der Waals surface area contributed by atoms with Gasteiger partial charge in [0.25, 0.3) is 0 Å². The van der Waals surface area contributed by atoms with Crippen molar-refractivity contribution >= 4 is 17.6 Å². The van der Waals surface area contributed by atoms with Gasteiger partial charge in [-0.3, -0.25) is 0 Å². The van der Waals surface area contributed by atoms with Gasteiger partial charge < -0.3 is 15.4 Å². The number of rotatable bonds is 3. The highest BCUT2D eigenvalue weighted by Gasteiger charge is 2.19. The van der Waals surface area contributed by atoms with Gasteiger partial charge in [0, 0.05) is 11.6 Å². The number of amides is 2. The predicted molar refractivity (Wildman–Crippen MR) is 70.8 cm³/mol. The van der Waals surface area contributed by atoms with Gasteiger partial charge >= 0.3 is 6.03 Å². The Kier molecular flexibility index (Phi) is 4.44. The summed E-state index contributed by atoms with van der Waals surface area (Å²) in [6, 6.07) is 7.31. The van der Waals surface area contributed by atoms with Crippen molar-refractivity contribution in [2.75, 3.05) is 13.2 Å². The van der Waals surface area contributed by atoms with E-state index in [1.165, 1.54) is 0 Å². The van der Waals surface area contributed by atoms with E-state index in [1.807, 2.05) is 31.2 Å². The van der Waals surface area contributed by atoms with E-state index in [0.29, 0.717) is 18.2 Å². The van der Waals surface area contributed by atoms with Gasteiger partial charge in [0.1, 0.15) is 0 Å². The highest BCUT2D eigenvalue weighted by atomic mass is 35.5. The number of urea groups is 1. The monoisotopic (exact) mass is 268 g/mol. The molecule has 98 valence electrons. The molecule has 2 amide bonds.